The number of alkyl halides is 3. The molecule has 0 saturated heterocycles. The Balaban J connectivity index is 0.00000242. The Morgan fingerprint density at radius 1 is 1.05 bits per heavy atom. The third-order valence-corrected chi connectivity index (χ3v) is 3.07. The molecule has 0 aliphatic carbocycles. The van der Waals surface area contributed by atoms with Crippen molar-refractivity contribution in [1.82, 2.24) is 0 Å². The van der Waals surface area contributed by atoms with Gasteiger partial charge in [0.2, 0.25) is 0 Å². The van der Waals surface area contributed by atoms with Gasteiger partial charge in [0.05, 0.1) is 5.56 Å². The van der Waals surface area contributed by atoms with E-state index in [0.29, 0.717) is 24.5 Å². The van der Waals surface area contributed by atoms with Crippen molar-refractivity contribution in [3.8, 4) is 16.9 Å². The molecule has 0 heterocycles. The Kier molecular flexibility index (Phi) is 6.26. The molecule has 0 aliphatic rings. The highest BCUT2D eigenvalue weighted by molar-refractivity contribution is 5.85. The van der Waals surface area contributed by atoms with Gasteiger partial charge in [-0.2, -0.15) is 13.2 Å². The molecule has 0 aromatic heterocycles. The van der Waals surface area contributed by atoms with Crippen LogP contribution >= 0.6 is 12.4 Å². The predicted octanol–water partition coefficient (Wildman–Crippen LogP) is 4.44. The van der Waals surface area contributed by atoms with Crippen molar-refractivity contribution in [2.45, 2.75) is 13.1 Å². The molecular formula is C16H17ClF3NO. The summed E-state index contributed by atoms with van der Waals surface area (Å²) < 4.78 is 43.7. The first-order chi connectivity index (χ1) is 9.91. The van der Waals surface area contributed by atoms with E-state index in [1.165, 1.54) is 6.07 Å². The van der Waals surface area contributed by atoms with E-state index in [-0.39, 0.29) is 12.4 Å². The van der Waals surface area contributed by atoms with Crippen LogP contribution in [0.25, 0.3) is 11.1 Å². The van der Waals surface area contributed by atoms with Crippen LogP contribution < -0.4 is 10.5 Å². The second-order valence-corrected chi connectivity index (χ2v) is 4.70. The summed E-state index contributed by atoms with van der Waals surface area (Å²) in [5.74, 6) is 0.691. The summed E-state index contributed by atoms with van der Waals surface area (Å²) in [7, 11) is 0. The lowest BCUT2D eigenvalue weighted by Crippen LogP contribution is -2.11. The minimum absolute atomic E-state index is 0. The van der Waals surface area contributed by atoms with Crippen molar-refractivity contribution in [2.75, 3.05) is 13.2 Å². The van der Waals surface area contributed by atoms with Gasteiger partial charge in [0.25, 0.3) is 0 Å². The quantitative estimate of drug-likeness (QED) is 0.899. The standard InChI is InChI=1S/C16H16F3NO.ClH/c1-11-9-13(5-6-15(11)21-8-7-20)12-3-2-4-14(10-12)16(17,18)19;/h2-6,9-10H,7-8,20H2,1H3;1H. The minimum Gasteiger partial charge on any atom is -0.492 e. The van der Waals surface area contributed by atoms with E-state index in [9.17, 15) is 13.2 Å². The zero-order chi connectivity index (χ0) is 15.5. The smallest absolute Gasteiger partial charge is 0.416 e. The molecule has 6 heteroatoms. The number of halogens is 4. The molecule has 2 N–H and O–H groups in total. The van der Waals surface area contributed by atoms with E-state index in [4.69, 9.17) is 10.5 Å². The molecule has 0 saturated carbocycles. The average Bonchev–Trinajstić information content (AvgIpc) is 2.45. The number of hydrogen-bond donors (Lipinski definition) is 1. The van der Waals surface area contributed by atoms with Crippen LogP contribution in [-0.4, -0.2) is 13.2 Å². The summed E-state index contributed by atoms with van der Waals surface area (Å²) in [6.45, 7) is 2.67. The molecule has 0 spiro atoms. The Labute approximate surface area is 133 Å². The first kappa shape index (κ1) is 18.3. The molecule has 120 valence electrons. The number of aryl methyl sites for hydroxylation is 1. The van der Waals surface area contributed by atoms with E-state index in [2.05, 4.69) is 0 Å². The number of rotatable bonds is 4. The van der Waals surface area contributed by atoms with Crippen LogP contribution in [0.15, 0.2) is 42.5 Å². The summed E-state index contributed by atoms with van der Waals surface area (Å²) in [4.78, 5) is 0. The van der Waals surface area contributed by atoms with Gasteiger partial charge < -0.3 is 10.5 Å². The molecule has 0 radical (unpaired) electrons. The van der Waals surface area contributed by atoms with Crippen LogP contribution in [0.4, 0.5) is 13.2 Å². The maximum atomic E-state index is 12.7. The van der Waals surface area contributed by atoms with Gasteiger partial charge in [-0.3, -0.25) is 0 Å². The monoisotopic (exact) mass is 331 g/mol. The van der Waals surface area contributed by atoms with E-state index in [1.807, 2.05) is 6.92 Å². The maximum Gasteiger partial charge on any atom is 0.416 e. The maximum absolute atomic E-state index is 12.7. The van der Waals surface area contributed by atoms with Crippen LogP contribution in [0, 0.1) is 6.92 Å². The zero-order valence-electron chi connectivity index (χ0n) is 12.0. The highest BCUT2D eigenvalue weighted by Gasteiger charge is 2.30. The molecule has 0 unspecified atom stereocenters. The number of nitrogens with two attached hydrogens (primary N) is 1. The molecule has 2 aromatic rings. The van der Waals surface area contributed by atoms with Crippen LogP contribution in [0.2, 0.25) is 0 Å². The predicted molar refractivity (Wildman–Crippen MR) is 83.4 cm³/mol. The Morgan fingerprint density at radius 2 is 1.73 bits per heavy atom. The van der Waals surface area contributed by atoms with Crippen LogP contribution in [0.5, 0.6) is 5.75 Å². The zero-order valence-corrected chi connectivity index (χ0v) is 12.8. The molecule has 22 heavy (non-hydrogen) atoms. The second-order valence-electron chi connectivity index (χ2n) is 4.70. The van der Waals surface area contributed by atoms with Crippen LogP contribution in [-0.2, 0) is 6.18 Å². The Bertz CT molecular complexity index is 629. The highest BCUT2D eigenvalue weighted by Crippen LogP contribution is 2.33. The van der Waals surface area contributed by atoms with Crippen molar-refractivity contribution in [3.05, 3.63) is 53.6 Å². The summed E-state index contributed by atoms with van der Waals surface area (Å²) in [5, 5.41) is 0. The first-order valence-corrected chi connectivity index (χ1v) is 6.53. The van der Waals surface area contributed by atoms with E-state index >= 15 is 0 Å². The average molecular weight is 332 g/mol. The van der Waals surface area contributed by atoms with Crippen molar-refractivity contribution in [2.24, 2.45) is 5.73 Å². The fourth-order valence-electron chi connectivity index (χ4n) is 2.03. The number of ether oxygens (including phenoxy) is 1. The molecule has 2 aromatic carbocycles. The van der Waals surface area contributed by atoms with Crippen molar-refractivity contribution < 1.29 is 17.9 Å². The lowest BCUT2D eigenvalue weighted by Gasteiger charge is -2.12. The Hall–Kier alpha value is -1.72. The molecular weight excluding hydrogens is 315 g/mol. The van der Waals surface area contributed by atoms with Gasteiger partial charge in [0.1, 0.15) is 12.4 Å². The van der Waals surface area contributed by atoms with Crippen molar-refractivity contribution in [1.29, 1.82) is 0 Å². The summed E-state index contributed by atoms with van der Waals surface area (Å²) in [6.07, 6.45) is -4.34. The lowest BCUT2D eigenvalue weighted by molar-refractivity contribution is -0.137. The minimum atomic E-state index is -4.34. The fraction of sp³-hybridized carbons (Fsp3) is 0.250. The third-order valence-electron chi connectivity index (χ3n) is 3.07. The SMILES string of the molecule is Cc1cc(-c2cccc(C(F)(F)F)c2)ccc1OCCN.Cl. The van der Waals surface area contributed by atoms with Crippen LogP contribution in [0.3, 0.4) is 0 Å². The van der Waals surface area contributed by atoms with E-state index < -0.39 is 11.7 Å². The van der Waals surface area contributed by atoms with Gasteiger partial charge in [-0.1, -0.05) is 18.2 Å². The molecule has 0 atom stereocenters. The van der Waals surface area contributed by atoms with Gasteiger partial charge in [-0.25, -0.2) is 0 Å². The van der Waals surface area contributed by atoms with Crippen molar-refractivity contribution >= 4 is 12.4 Å². The van der Waals surface area contributed by atoms with Gasteiger partial charge >= 0.3 is 6.18 Å². The van der Waals surface area contributed by atoms with Crippen LogP contribution in [0.1, 0.15) is 11.1 Å². The molecule has 2 rings (SSSR count). The van der Waals surface area contributed by atoms with Crippen molar-refractivity contribution in [3.63, 3.8) is 0 Å². The largest absolute Gasteiger partial charge is 0.492 e. The van der Waals surface area contributed by atoms with Gasteiger partial charge in [0, 0.05) is 6.54 Å². The third kappa shape index (κ3) is 4.39. The van der Waals surface area contributed by atoms with Gasteiger partial charge in [0.15, 0.2) is 0 Å². The molecule has 0 bridgehead atoms. The number of hydrogen-bond acceptors (Lipinski definition) is 2. The normalized spacial score (nSPS) is 11.0. The van der Waals surface area contributed by atoms with E-state index in [1.54, 1.807) is 24.3 Å². The second kappa shape index (κ2) is 7.51. The highest BCUT2D eigenvalue weighted by atomic mass is 35.5. The van der Waals surface area contributed by atoms with Gasteiger partial charge in [-0.15, -0.1) is 12.4 Å². The molecule has 0 aliphatic heterocycles. The van der Waals surface area contributed by atoms with E-state index in [0.717, 1.165) is 23.3 Å². The number of benzene rings is 2. The first-order valence-electron chi connectivity index (χ1n) is 6.53. The summed E-state index contributed by atoms with van der Waals surface area (Å²) >= 11 is 0. The molecule has 2 nitrogen and oxygen atoms in total. The lowest BCUT2D eigenvalue weighted by atomic mass is 10.0. The topological polar surface area (TPSA) is 35.2 Å². The fourth-order valence-corrected chi connectivity index (χ4v) is 2.03. The molecule has 0 fully saturated rings. The summed E-state index contributed by atoms with van der Waals surface area (Å²) in [5.41, 5.74) is 6.83. The Morgan fingerprint density at radius 3 is 2.32 bits per heavy atom. The molecule has 0 amide bonds. The summed E-state index contributed by atoms with van der Waals surface area (Å²) in [6, 6.07) is 10.6. The van der Waals surface area contributed by atoms with Gasteiger partial charge in [-0.05, 0) is 47.9 Å².